The molecule has 0 saturated heterocycles. The van der Waals surface area contributed by atoms with Crippen LogP contribution in [0.25, 0.3) is 0 Å². The lowest BCUT2D eigenvalue weighted by Gasteiger charge is -2.11. The second-order valence-corrected chi connectivity index (χ2v) is 6.94. The van der Waals surface area contributed by atoms with E-state index in [0.29, 0.717) is 23.2 Å². The van der Waals surface area contributed by atoms with Gasteiger partial charge >= 0.3 is 0 Å². The standard InChI is InChI=1S/C13H21ClN2O2S/c1-10(2)15-7-4-8-16-19(17,18)13-9-12(14)6-5-11(13)3/h5-6,9-10,15-16H,4,7-8H2,1-3H3. The third-order valence-electron chi connectivity index (χ3n) is 2.64. The lowest BCUT2D eigenvalue weighted by molar-refractivity contribution is 0.554. The van der Waals surface area contributed by atoms with Crippen LogP contribution in [0.1, 0.15) is 25.8 Å². The lowest BCUT2D eigenvalue weighted by Crippen LogP contribution is -2.30. The Morgan fingerprint density at radius 1 is 1.26 bits per heavy atom. The van der Waals surface area contributed by atoms with Crippen molar-refractivity contribution in [2.45, 2.75) is 38.1 Å². The highest BCUT2D eigenvalue weighted by atomic mass is 35.5. The first-order chi connectivity index (χ1) is 8.83. The number of nitrogens with one attached hydrogen (secondary N) is 2. The molecule has 19 heavy (non-hydrogen) atoms. The van der Waals surface area contributed by atoms with E-state index in [4.69, 9.17) is 11.6 Å². The van der Waals surface area contributed by atoms with Crippen molar-refractivity contribution in [1.82, 2.24) is 10.0 Å². The molecule has 0 radical (unpaired) electrons. The van der Waals surface area contributed by atoms with Crippen LogP contribution >= 0.6 is 11.6 Å². The molecular formula is C13H21ClN2O2S. The first-order valence-corrected chi connectivity index (χ1v) is 8.18. The summed E-state index contributed by atoms with van der Waals surface area (Å²) in [6.45, 7) is 7.06. The summed E-state index contributed by atoms with van der Waals surface area (Å²) in [6.07, 6.45) is 0.747. The maximum absolute atomic E-state index is 12.1. The fraction of sp³-hybridized carbons (Fsp3) is 0.538. The van der Waals surface area contributed by atoms with Crippen LogP contribution in [0.5, 0.6) is 0 Å². The van der Waals surface area contributed by atoms with E-state index in [1.165, 1.54) is 6.07 Å². The van der Waals surface area contributed by atoms with E-state index in [2.05, 4.69) is 23.9 Å². The molecule has 4 nitrogen and oxygen atoms in total. The van der Waals surface area contributed by atoms with Gasteiger partial charge in [0.25, 0.3) is 0 Å². The Labute approximate surface area is 120 Å². The van der Waals surface area contributed by atoms with Crippen molar-refractivity contribution in [2.24, 2.45) is 0 Å². The molecule has 0 spiro atoms. The Morgan fingerprint density at radius 3 is 2.58 bits per heavy atom. The molecule has 0 saturated carbocycles. The van der Waals surface area contributed by atoms with Gasteiger partial charge in [-0.2, -0.15) is 0 Å². The minimum absolute atomic E-state index is 0.247. The lowest BCUT2D eigenvalue weighted by atomic mass is 10.2. The van der Waals surface area contributed by atoms with Crippen molar-refractivity contribution in [3.05, 3.63) is 28.8 Å². The highest BCUT2D eigenvalue weighted by Crippen LogP contribution is 2.19. The van der Waals surface area contributed by atoms with E-state index in [9.17, 15) is 8.42 Å². The third kappa shape index (κ3) is 5.48. The third-order valence-corrected chi connectivity index (χ3v) is 4.48. The van der Waals surface area contributed by atoms with E-state index in [1.807, 2.05) is 0 Å². The van der Waals surface area contributed by atoms with Gasteiger partial charge in [0.1, 0.15) is 0 Å². The van der Waals surface area contributed by atoms with Crippen molar-refractivity contribution in [3.63, 3.8) is 0 Å². The normalized spacial score (nSPS) is 12.1. The number of sulfonamides is 1. The van der Waals surface area contributed by atoms with E-state index in [1.54, 1.807) is 19.1 Å². The quantitative estimate of drug-likeness (QED) is 0.760. The summed E-state index contributed by atoms with van der Waals surface area (Å²) in [5, 5.41) is 3.66. The summed E-state index contributed by atoms with van der Waals surface area (Å²) in [5.74, 6) is 0. The molecule has 0 aliphatic rings. The van der Waals surface area contributed by atoms with E-state index in [-0.39, 0.29) is 4.90 Å². The predicted molar refractivity (Wildman–Crippen MR) is 79.1 cm³/mol. The number of rotatable bonds is 7. The SMILES string of the molecule is Cc1ccc(Cl)cc1S(=O)(=O)NCCCNC(C)C. The highest BCUT2D eigenvalue weighted by Gasteiger charge is 2.16. The molecule has 0 fully saturated rings. The van der Waals surface area contributed by atoms with E-state index in [0.717, 1.165) is 13.0 Å². The summed E-state index contributed by atoms with van der Waals surface area (Å²) >= 11 is 5.84. The Balaban J connectivity index is 2.59. The van der Waals surface area contributed by atoms with Crippen molar-refractivity contribution in [3.8, 4) is 0 Å². The first kappa shape index (κ1) is 16.4. The molecule has 1 aromatic carbocycles. The number of aryl methyl sites for hydroxylation is 1. The van der Waals surface area contributed by atoms with Gasteiger partial charge in [0.2, 0.25) is 10.0 Å². The second kappa shape index (κ2) is 7.24. The minimum Gasteiger partial charge on any atom is -0.314 e. The monoisotopic (exact) mass is 304 g/mol. The van der Waals surface area contributed by atoms with Crippen molar-refractivity contribution < 1.29 is 8.42 Å². The number of hydrogen-bond donors (Lipinski definition) is 2. The zero-order chi connectivity index (χ0) is 14.5. The smallest absolute Gasteiger partial charge is 0.240 e. The summed E-state index contributed by atoms with van der Waals surface area (Å²) in [7, 11) is -3.48. The Bertz CT molecular complexity index is 515. The maximum atomic E-state index is 12.1. The average molecular weight is 305 g/mol. The zero-order valence-electron chi connectivity index (χ0n) is 11.5. The average Bonchev–Trinajstić information content (AvgIpc) is 2.31. The van der Waals surface area contributed by atoms with Crippen LogP contribution in [0.3, 0.4) is 0 Å². The van der Waals surface area contributed by atoms with Crippen LogP contribution in [0, 0.1) is 6.92 Å². The minimum atomic E-state index is -3.48. The molecular weight excluding hydrogens is 284 g/mol. The van der Waals surface area contributed by atoms with Crippen LogP contribution < -0.4 is 10.0 Å². The summed E-state index contributed by atoms with van der Waals surface area (Å²) < 4.78 is 26.8. The first-order valence-electron chi connectivity index (χ1n) is 6.32. The molecule has 0 heterocycles. The molecule has 2 N–H and O–H groups in total. The predicted octanol–water partition coefficient (Wildman–Crippen LogP) is 2.31. The Hall–Kier alpha value is -0.620. The van der Waals surface area contributed by atoms with Crippen LogP contribution in [0.2, 0.25) is 5.02 Å². The Kier molecular flexibility index (Phi) is 6.26. The second-order valence-electron chi connectivity index (χ2n) is 4.77. The number of benzene rings is 1. The number of halogens is 1. The van der Waals surface area contributed by atoms with Crippen LogP contribution in [0.15, 0.2) is 23.1 Å². The van der Waals surface area contributed by atoms with Crippen molar-refractivity contribution in [1.29, 1.82) is 0 Å². The Morgan fingerprint density at radius 2 is 1.95 bits per heavy atom. The number of hydrogen-bond acceptors (Lipinski definition) is 3. The van der Waals surface area contributed by atoms with E-state index < -0.39 is 10.0 Å². The molecule has 0 aromatic heterocycles. The molecule has 6 heteroatoms. The molecule has 0 aliphatic heterocycles. The van der Waals surface area contributed by atoms with Gasteiger partial charge < -0.3 is 5.32 Å². The van der Waals surface area contributed by atoms with Gasteiger partial charge in [-0.05, 0) is 37.6 Å². The van der Waals surface area contributed by atoms with E-state index >= 15 is 0 Å². The molecule has 0 bridgehead atoms. The highest BCUT2D eigenvalue weighted by molar-refractivity contribution is 7.89. The molecule has 0 atom stereocenters. The molecule has 1 aromatic rings. The molecule has 0 unspecified atom stereocenters. The summed E-state index contributed by atoms with van der Waals surface area (Å²) in [4.78, 5) is 0.247. The fourth-order valence-electron chi connectivity index (χ4n) is 1.63. The van der Waals surface area contributed by atoms with Crippen molar-refractivity contribution in [2.75, 3.05) is 13.1 Å². The molecule has 1 rings (SSSR count). The van der Waals surface area contributed by atoms with Gasteiger partial charge in [-0.1, -0.05) is 31.5 Å². The van der Waals surface area contributed by atoms with Gasteiger partial charge in [-0.25, -0.2) is 13.1 Å². The molecule has 0 amide bonds. The summed E-state index contributed by atoms with van der Waals surface area (Å²) in [5.41, 5.74) is 0.692. The van der Waals surface area contributed by atoms with Crippen LogP contribution in [-0.2, 0) is 10.0 Å². The van der Waals surface area contributed by atoms with Crippen molar-refractivity contribution >= 4 is 21.6 Å². The van der Waals surface area contributed by atoms with Crippen LogP contribution in [0.4, 0.5) is 0 Å². The van der Waals surface area contributed by atoms with Gasteiger partial charge in [0, 0.05) is 17.6 Å². The fourth-order valence-corrected chi connectivity index (χ4v) is 3.21. The maximum Gasteiger partial charge on any atom is 0.240 e. The largest absolute Gasteiger partial charge is 0.314 e. The van der Waals surface area contributed by atoms with Gasteiger partial charge in [0.05, 0.1) is 4.90 Å². The van der Waals surface area contributed by atoms with Gasteiger partial charge in [-0.3, -0.25) is 0 Å². The topological polar surface area (TPSA) is 58.2 Å². The van der Waals surface area contributed by atoms with Gasteiger partial charge in [0.15, 0.2) is 0 Å². The molecule has 0 aliphatic carbocycles. The zero-order valence-corrected chi connectivity index (χ0v) is 13.1. The van der Waals surface area contributed by atoms with Crippen LogP contribution in [-0.4, -0.2) is 27.5 Å². The molecule has 108 valence electrons. The van der Waals surface area contributed by atoms with Gasteiger partial charge in [-0.15, -0.1) is 0 Å². The summed E-state index contributed by atoms with van der Waals surface area (Å²) in [6, 6.07) is 5.28.